The topological polar surface area (TPSA) is 82.8 Å². The Balaban J connectivity index is 1.52. The molecule has 6 heteroatoms. The fraction of sp³-hybridized carbons (Fsp3) is 0.417. The highest BCUT2D eigenvalue weighted by atomic mass is 16.6. The SMILES string of the molecule is COc1ccc(C2(O)CC3CCCC(C2)N3C(=O)OCc2ccccc2)cc1C#N. The first kappa shape index (κ1) is 20.2. The third-order valence-electron chi connectivity index (χ3n) is 6.28. The third kappa shape index (κ3) is 3.86. The molecule has 0 radical (unpaired) electrons. The van der Waals surface area contributed by atoms with Gasteiger partial charge in [0.25, 0.3) is 0 Å². The number of nitriles is 1. The summed E-state index contributed by atoms with van der Waals surface area (Å²) in [6.07, 6.45) is 3.24. The van der Waals surface area contributed by atoms with E-state index in [1.807, 2.05) is 41.3 Å². The van der Waals surface area contributed by atoms with Crippen LogP contribution < -0.4 is 4.74 Å². The summed E-state index contributed by atoms with van der Waals surface area (Å²) in [5.41, 5.74) is 0.975. The van der Waals surface area contributed by atoms with Crippen molar-refractivity contribution in [2.24, 2.45) is 0 Å². The van der Waals surface area contributed by atoms with E-state index in [0.29, 0.717) is 29.7 Å². The van der Waals surface area contributed by atoms with E-state index in [1.54, 1.807) is 12.1 Å². The van der Waals surface area contributed by atoms with Gasteiger partial charge in [-0.25, -0.2) is 4.79 Å². The van der Waals surface area contributed by atoms with E-state index in [2.05, 4.69) is 6.07 Å². The normalized spacial score (nSPS) is 25.3. The molecule has 0 spiro atoms. The number of carbonyl (C=O) groups is 1. The van der Waals surface area contributed by atoms with E-state index in [4.69, 9.17) is 9.47 Å². The highest BCUT2D eigenvalue weighted by molar-refractivity contribution is 5.69. The van der Waals surface area contributed by atoms with Gasteiger partial charge in [-0.05, 0) is 42.5 Å². The molecular formula is C24H26N2O4. The number of carbonyl (C=O) groups excluding carboxylic acids is 1. The van der Waals surface area contributed by atoms with Crippen molar-refractivity contribution in [3.63, 3.8) is 0 Å². The predicted octanol–water partition coefficient (Wildman–Crippen LogP) is 4.11. The molecule has 2 heterocycles. The van der Waals surface area contributed by atoms with Crippen LogP contribution in [-0.2, 0) is 16.9 Å². The highest BCUT2D eigenvalue weighted by Crippen LogP contribution is 2.45. The standard InChI is InChI=1S/C24H26N2O4/c1-29-22-11-10-19(12-18(22)15-25)24(28)13-20-8-5-9-21(14-24)26(20)23(27)30-16-17-6-3-2-4-7-17/h2-4,6-7,10-12,20-21,28H,5,8-9,13-14,16H2,1H3. The van der Waals surface area contributed by atoms with Crippen molar-refractivity contribution < 1.29 is 19.4 Å². The van der Waals surface area contributed by atoms with Gasteiger partial charge in [0, 0.05) is 24.9 Å². The maximum absolute atomic E-state index is 12.9. The minimum Gasteiger partial charge on any atom is -0.495 e. The van der Waals surface area contributed by atoms with Crippen molar-refractivity contribution in [1.29, 1.82) is 5.26 Å². The molecule has 2 saturated heterocycles. The van der Waals surface area contributed by atoms with Crippen molar-refractivity contribution >= 4 is 6.09 Å². The number of methoxy groups -OCH3 is 1. The number of fused-ring (bicyclic) bond motifs is 2. The van der Waals surface area contributed by atoms with Crippen LogP contribution in [0, 0.1) is 11.3 Å². The molecule has 6 nitrogen and oxygen atoms in total. The van der Waals surface area contributed by atoms with Gasteiger partial charge in [-0.2, -0.15) is 5.26 Å². The van der Waals surface area contributed by atoms with E-state index in [9.17, 15) is 15.2 Å². The van der Waals surface area contributed by atoms with E-state index in [1.165, 1.54) is 7.11 Å². The number of hydrogen-bond acceptors (Lipinski definition) is 5. The summed E-state index contributed by atoms with van der Waals surface area (Å²) in [6.45, 7) is 0.240. The van der Waals surface area contributed by atoms with Crippen LogP contribution in [0.1, 0.15) is 48.8 Å². The van der Waals surface area contributed by atoms with E-state index in [-0.39, 0.29) is 24.8 Å². The lowest BCUT2D eigenvalue weighted by molar-refractivity contribution is -0.0896. The summed E-state index contributed by atoms with van der Waals surface area (Å²) in [6, 6.07) is 16.8. The van der Waals surface area contributed by atoms with Gasteiger partial charge in [0.15, 0.2) is 0 Å². The van der Waals surface area contributed by atoms with Gasteiger partial charge >= 0.3 is 6.09 Å². The number of piperidine rings is 2. The summed E-state index contributed by atoms with van der Waals surface area (Å²) < 4.78 is 10.8. The zero-order valence-corrected chi connectivity index (χ0v) is 17.1. The third-order valence-corrected chi connectivity index (χ3v) is 6.28. The van der Waals surface area contributed by atoms with Crippen LogP contribution in [0.3, 0.4) is 0 Å². The van der Waals surface area contributed by atoms with Crippen LogP contribution in [0.2, 0.25) is 0 Å². The molecule has 0 saturated carbocycles. The molecule has 2 atom stereocenters. The molecule has 2 aromatic carbocycles. The lowest BCUT2D eigenvalue weighted by Crippen LogP contribution is -2.58. The Bertz CT molecular complexity index is 939. The van der Waals surface area contributed by atoms with Crippen LogP contribution in [-0.4, -0.2) is 35.3 Å². The Kier molecular flexibility index (Phi) is 5.65. The molecule has 2 aliphatic rings. The van der Waals surface area contributed by atoms with Crippen molar-refractivity contribution in [3.05, 3.63) is 65.2 Å². The van der Waals surface area contributed by atoms with Crippen molar-refractivity contribution in [2.45, 2.75) is 56.4 Å². The Morgan fingerprint density at radius 1 is 1.20 bits per heavy atom. The number of nitrogens with zero attached hydrogens (tertiary/aromatic N) is 2. The maximum atomic E-state index is 12.9. The molecule has 156 valence electrons. The molecule has 2 aliphatic heterocycles. The molecule has 0 aliphatic carbocycles. The Morgan fingerprint density at radius 2 is 1.90 bits per heavy atom. The van der Waals surface area contributed by atoms with Gasteiger partial charge < -0.3 is 19.5 Å². The Labute approximate surface area is 176 Å². The Morgan fingerprint density at radius 3 is 2.53 bits per heavy atom. The molecular weight excluding hydrogens is 380 g/mol. The van der Waals surface area contributed by atoms with E-state index in [0.717, 1.165) is 24.8 Å². The molecule has 1 amide bonds. The van der Waals surface area contributed by atoms with Gasteiger partial charge in [-0.3, -0.25) is 0 Å². The number of ether oxygens (including phenoxy) is 2. The van der Waals surface area contributed by atoms with Gasteiger partial charge in [0.2, 0.25) is 0 Å². The molecule has 1 N–H and O–H groups in total. The second kappa shape index (κ2) is 8.37. The number of rotatable bonds is 4. The first-order valence-corrected chi connectivity index (χ1v) is 10.3. The summed E-state index contributed by atoms with van der Waals surface area (Å²) >= 11 is 0. The average Bonchev–Trinajstić information content (AvgIpc) is 2.77. The zero-order chi connectivity index (χ0) is 21.1. The molecule has 2 aromatic rings. The first-order valence-electron chi connectivity index (χ1n) is 10.3. The molecule has 2 fully saturated rings. The van der Waals surface area contributed by atoms with Crippen molar-refractivity contribution in [2.75, 3.05) is 7.11 Å². The molecule has 2 bridgehead atoms. The van der Waals surface area contributed by atoms with Gasteiger partial charge in [-0.15, -0.1) is 0 Å². The fourth-order valence-corrected chi connectivity index (χ4v) is 4.84. The number of benzene rings is 2. The van der Waals surface area contributed by atoms with Crippen molar-refractivity contribution in [1.82, 2.24) is 4.90 Å². The molecule has 30 heavy (non-hydrogen) atoms. The predicted molar refractivity (Wildman–Crippen MR) is 111 cm³/mol. The van der Waals surface area contributed by atoms with Gasteiger partial charge in [0.1, 0.15) is 18.4 Å². The summed E-state index contributed by atoms with van der Waals surface area (Å²) in [5.74, 6) is 0.493. The zero-order valence-electron chi connectivity index (χ0n) is 17.1. The minimum absolute atomic E-state index is 0.0848. The first-order chi connectivity index (χ1) is 14.5. The van der Waals surface area contributed by atoms with Crippen LogP contribution in [0.15, 0.2) is 48.5 Å². The van der Waals surface area contributed by atoms with Crippen LogP contribution >= 0.6 is 0 Å². The van der Waals surface area contributed by atoms with E-state index < -0.39 is 5.60 Å². The van der Waals surface area contributed by atoms with Gasteiger partial charge in [0.05, 0.1) is 18.3 Å². The number of hydrogen-bond donors (Lipinski definition) is 1. The number of amides is 1. The monoisotopic (exact) mass is 406 g/mol. The smallest absolute Gasteiger partial charge is 0.410 e. The van der Waals surface area contributed by atoms with Crippen molar-refractivity contribution in [3.8, 4) is 11.8 Å². The maximum Gasteiger partial charge on any atom is 0.410 e. The highest BCUT2D eigenvalue weighted by Gasteiger charge is 2.48. The number of aliphatic hydroxyl groups is 1. The van der Waals surface area contributed by atoms with E-state index >= 15 is 0 Å². The fourth-order valence-electron chi connectivity index (χ4n) is 4.84. The van der Waals surface area contributed by atoms with Gasteiger partial charge in [-0.1, -0.05) is 36.4 Å². The second-order valence-corrected chi connectivity index (χ2v) is 8.15. The lowest BCUT2D eigenvalue weighted by atomic mass is 9.72. The minimum atomic E-state index is -1.08. The van der Waals surface area contributed by atoms with Crippen LogP contribution in [0.25, 0.3) is 0 Å². The van der Waals surface area contributed by atoms with Crippen LogP contribution in [0.5, 0.6) is 5.75 Å². The lowest BCUT2D eigenvalue weighted by Gasteiger charge is -2.51. The quantitative estimate of drug-likeness (QED) is 0.826. The average molecular weight is 406 g/mol. The Hall–Kier alpha value is -3.04. The molecule has 4 rings (SSSR count). The molecule has 2 unspecified atom stereocenters. The second-order valence-electron chi connectivity index (χ2n) is 8.15. The molecule has 0 aromatic heterocycles. The summed E-state index contributed by atoms with van der Waals surface area (Å²) in [5, 5.41) is 20.9. The van der Waals surface area contributed by atoms with Crippen LogP contribution in [0.4, 0.5) is 4.79 Å². The summed E-state index contributed by atoms with van der Waals surface area (Å²) in [7, 11) is 1.52. The summed E-state index contributed by atoms with van der Waals surface area (Å²) in [4.78, 5) is 14.7. The largest absolute Gasteiger partial charge is 0.495 e.